The minimum absolute atomic E-state index is 0.553. The summed E-state index contributed by atoms with van der Waals surface area (Å²) in [6.07, 6.45) is 3.45. The zero-order chi connectivity index (χ0) is 13.2. The first-order valence-corrected chi connectivity index (χ1v) is 5.71. The van der Waals surface area contributed by atoms with Crippen molar-refractivity contribution >= 4 is 0 Å². The van der Waals surface area contributed by atoms with Gasteiger partial charge in [-0.15, -0.1) is 0 Å². The third-order valence-electron chi connectivity index (χ3n) is 2.67. The number of aryl methyl sites for hydroxylation is 1. The Morgan fingerprint density at radius 1 is 1.17 bits per heavy atom. The molecule has 2 aromatic heterocycles. The predicted octanol–water partition coefficient (Wildman–Crippen LogP) is 2.65. The van der Waals surface area contributed by atoms with Gasteiger partial charge in [-0.1, -0.05) is 0 Å². The van der Waals surface area contributed by atoms with Crippen molar-refractivity contribution in [2.45, 2.75) is 26.2 Å². The number of aromatic nitrogens is 3. The van der Waals surface area contributed by atoms with Crippen molar-refractivity contribution < 1.29 is 0 Å². The SMILES string of the molecule is Cc1cc(-c2ccncc2)nc(C(C)(C)C#N)n1. The molecule has 0 unspecified atom stereocenters. The molecule has 2 rings (SSSR count). The maximum atomic E-state index is 9.16. The molecule has 18 heavy (non-hydrogen) atoms. The first kappa shape index (κ1) is 12.2. The van der Waals surface area contributed by atoms with Gasteiger partial charge < -0.3 is 0 Å². The maximum absolute atomic E-state index is 9.16. The Labute approximate surface area is 106 Å². The van der Waals surface area contributed by atoms with Crippen molar-refractivity contribution in [3.63, 3.8) is 0 Å². The van der Waals surface area contributed by atoms with E-state index in [1.54, 1.807) is 12.4 Å². The second-order valence-corrected chi connectivity index (χ2v) is 4.69. The molecular weight excluding hydrogens is 224 g/mol. The van der Waals surface area contributed by atoms with Gasteiger partial charge in [0, 0.05) is 23.7 Å². The van der Waals surface area contributed by atoms with Gasteiger partial charge in [-0.25, -0.2) is 9.97 Å². The van der Waals surface area contributed by atoms with Crippen LogP contribution in [0, 0.1) is 18.3 Å². The molecule has 4 nitrogen and oxygen atoms in total. The van der Waals surface area contributed by atoms with E-state index in [2.05, 4.69) is 21.0 Å². The van der Waals surface area contributed by atoms with E-state index in [1.807, 2.05) is 39.0 Å². The van der Waals surface area contributed by atoms with Crippen molar-refractivity contribution in [1.29, 1.82) is 5.26 Å². The average Bonchev–Trinajstić information content (AvgIpc) is 2.39. The molecule has 0 atom stereocenters. The molecule has 0 saturated heterocycles. The molecule has 2 heterocycles. The molecule has 4 heteroatoms. The second kappa shape index (κ2) is 4.53. The van der Waals surface area contributed by atoms with E-state index in [0.29, 0.717) is 5.82 Å². The van der Waals surface area contributed by atoms with Crippen LogP contribution in [0.4, 0.5) is 0 Å². The summed E-state index contributed by atoms with van der Waals surface area (Å²) in [6, 6.07) is 7.92. The van der Waals surface area contributed by atoms with Crippen LogP contribution in [-0.2, 0) is 5.41 Å². The van der Waals surface area contributed by atoms with Crippen LogP contribution in [0.1, 0.15) is 25.4 Å². The molecule has 0 radical (unpaired) electrons. The normalized spacial score (nSPS) is 11.0. The fraction of sp³-hybridized carbons (Fsp3) is 0.286. The van der Waals surface area contributed by atoms with Gasteiger partial charge in [0.25, 0.3) is 0 Å². The van der Waals surface area contributed by atoms with Gasteiger partial charge in [0.2, 0.25) is 0 Å². The van der Waals surface area contributed by atoms with Crippen LogP contribution in [0.25, 0.3) is 11.3 Å². The highest BCUT2D eigenvalue weighted by molar-refractivity contribution is 5.58. The van der Waals surface area contributed by atoms with Crippen molar-refractivity contribution in [2.75, 3.05) is 0 Å². The van der Waals surface area contributed by atoms with E-state index in [4.69, 9.17) is 5.26 Å². The van der Waals surface area contributed by atoms with Crippen LogP contribution in [0.2, 0.25) is 0 Å². The molecular formula is C14H14N4. The largest absolute Gasteiger partial charge is 0.265 e. The summed E-state index contributed by atoms with van der Waals surface area (Å²) in [7, 11) is 0. The Morgan fingerprint density at radius 2 is 1.83 bits per heavy atom. The Kier molecular flexibility index (Phi) is 3.07. The smallest absolute Gasteiger partial charge is 0.148 e. The Hall–Kier alpha value is -2.28. The summed E-state index contributed by atoms with van der Waals surface area (Å²) in [5, 5.41) is 9.16. The van der Waals surface area contributed by atoms with Crippen LogP contribution < -0.4 is 0 Å². The van der Waals surface area contributed by atoms with Crippen molar-refractivity contribution in [3.05, 3.63) is 42.1 Å². The molecule has 0 fully saturated rings. The minimum Gasteiger partial charge on any atom is -0.265 e. The molecule has 0 bridgehead atoms. The number of nitriles is 1. The number of hydrogen-bond acceptors (Lipinski definition) is 4. The summed E-state index contributed by atoms with van der Waals surface area (Å²) in [6.45, 7) is 5.54. The number of hydrogen-bond donors (Lipinski definition) is 0. The third-order valence-corrected chi connectivity index (χ3v) is 2.67. The lowest BCUT2D eigenvalue weighted by Crippen LogP contribution is -2.19. The number of pyridine rings is 1. The van der Waals surface area contributed by atoms with Crippen LogP contribution in [0.5, 0.6) is 0 Å². The molecule has 2 aromatic rings. The lowest BCUT2D eigenvalue weighted by Gasteiger charge is -2.15. The summed E-state index contributed by atoms with van der Waals surface area (Å²) in [4.78, 5) is 12.8. The first-order chi connectivity index (χ1) is 8.53. The molecule has 0 aliphatic heterocycles. The van der Waals surface area contributed by atoms with Crippen molar-refractivity contribution in [3.8, 4) is 17.3 Å². The maximum Gasteiger partial charge on any atom is 0.148 e. The molecule has 0 aromatic carbocycles. The number of nitrogens with zero attached hydrogens (tertiary/aromatic N) is 4. The lowest BCUT2D eigenvalue weighted by molar-refractivity contribution is 0.626. The molecule has 0 aliphatic carbocycles. The van der Waals surface area contributed by atoms with Crippen molar-refractivity contribution in [2.24, 2.45) is 0 Å². The van der Waals surface area contributed by atoms with Crippen molar-refractivity contribution in [1.82, 2.24) is 15.0 Å². The zero-order valence-corrected chi connectivity index (χ0v) is 10.7. The highest BCUT2D eigenvalue weighted by Crippen LogP contribution is 2.23. The van der Waals surface area contributed by atoms with Gasteiger partial charge >= 0.3 is 0 Å². The Bertz CT molecular complexity index is 597. The quantitative estimate of drug-likeness (QED) is 0.806. The standard InChI is InChI=1S/C14H14N4/c1-10-8-12(11-4-6-16-7-5-11)18-13(17-10)14(2,3)9-15/h4-8H,1-3H3. The highest BCUT2D eigenvalue weighted by atomic mass is 14.9. The van der Waals surface area contributed by atoms with E-state index < -0.39 is 5.41 Å². The molecule has 90 valence electrons. The van der Waals surface area contributed by atoms with Gasteiger partial charge in [-0.3, -0.25) is 4.98 Å². The zero-order valence-electron chi connectivity index (χ0n) is 10.7. The van der Waals surface area contributed by atoms with Crippen LogP contribution in [0.3, 0.4) is 0 Å². The van der Waals surface area contributed by atoms with Gasteiger partial charge in [-0.05, 0) is 39.0 Å². The van der Waals surface area contributed by atoms with E-state index >= 15 is 0 Å². The Morgan fingerprint density at radius 3 is 2.44 bits per heavy atom. The summed E-state index contributed by atoms with van der Waals surface area (Å²) in [5.74, 6) is 0.553. The third kappa shape index (κ3) is 2.35. The second-order valence-electron chi connectivity index (χ2n) is 4.69. The molecule has 0 spiro atoms. The van der Waals surface area contributed by atoms with Gasteiger partial charge in [0.05, 0.1) is 11.8 Å². The van der Waals surface area contributed by atoms with Crippen LogP contribution in [0.15, 0.2) is 30.6 Å². The molecule has 0 amide bonds. The Balaban J connectivity index is 2.56. The minimum atomic E-state index is -0.687. The summed E-state index contributed by atoms with van der Waals surface area (Å²) < 4.78 is 0. The molecule has 0 saturated carbocycles. The fourth-order valence-corrected chi connectivity index (χ4v) is 1.57. The van der Waals surface area contributed by atoms with E-state index in [-0.39, 0.29) is 0 Å². The first-order valence-electron chi connectivity index (χ1n) is 5.71. The van der Waals surface area contributed by atoms with E-state index in [1.165, 1.54) is 0 Å². The molecule has 0 aliphatic rings. The summed E-state index contributed by atoms with van der Waals surface area (Å²) in [5.41, 5.74) is 1.97. The fourth-order valence-electron chi connectivity index (χ4n) is 1.57. The predicted molar refractivity (Wildman–Crippen MR) is 68.6 cm³/mol. The van der Waals surface area contributed by atoms with Gasteiger partial charge in [-0.2, -0.15) is 5.26 Å². The highest BCUT2D eigenvalue weighted by Gasteiger charge is 2.24. The van der Waals surface area contributed by atoms with Crippen LogP contribution >= 0.6 is 0 Å². The lowest BCUT2D eigenvalue weighted by atomic mass is 9.94. The average molecular weight is 238 g/mol. The van der Waals surface area contributed by atoms with E-state index in [9.17, 15) is 0 Å². The van der Waals surface area contributed by atoms with Crippen LogP contribution in [-0.4, -0.2) is 15.0 Å². The molecule has 0 N–H and O–H groups in total. The van der Waals surface area contributed by atoms with Gasteiger partial charge in [0.15, 0.2) is 0 Å². The number of rotatable bonds is 2. The topological polar surface area (TPSA) is 62.5 Å². The monoisotopic (exact) mass is 238 g/mol. The van der Waals surface area contributed by atoms with E-state index in [0.717, 1.165) is 17.0 Å². The summed E-state index contributed by atoms with van der Waals surface area (Å²) >= 11 is 0. The van der Waals surface area contributed by atoms with Gasteiger partial charge in [0.1, 0.15) is 11.2 Å².